The Morgan fingerprint density at radius 1 is 1.27 bits per heavy atom. The van der Waals surface area contributed by atoms with Gasteiger partial charge in [0.25, 0.3) is 10.9 Å². The normalized spacial score (nSPS) is 15.9. The number of ether oxygens (including phenoxy) is 1. The molecule has 0 bridgehead atoms. The van der Waals surface area contributed by atoms with E-state index in [1.807, 2.05) is 6.92 Å². The predicted octanol–water partition coefficient (Wildman–Crippen LogP) is 3.30. The number of hydrogen-bond acceptors (Lipinski definition) is 8. The summed E-state index contributed by atoms with van der Waals surface area (Å²) in [6.45, 7) is 2.31. The Balaban J connectivity index is 1.68. The molecule has 3 amide bonds. The van der Waals surface area contributed by atoms with Gasteiger partial charge in [-0.05, 0) is 49.0 Å². The van der Waals surface area contributed by atoms with Crippen LogP contribution in [0.2, 0.25) is 0 Å². The maximum Gasteiger partial charge on any atom is 0.293 e. The van der Waals surface area contributed by atoms with Gasteiger partial charge in [-0.25, -0.2) is 4.90 Å². The van der Waals surface area contributed by atoms with Crippen molar-refractivity contribution in [3.8, 4) is 11.5 Å². The van der Waals surface area contributed by atoms with Gasteiger partial charge in [-0.3, -0.25) is 24.5 Å². The van der Waals surface area contributed by atoms with E-state index in [1.165, 1.54) is 0 Å². The number of non-ortho nitro benzene ring substituents is 1. The highest BCUT2D eigenvalue weighted by atomic mass is 32.2. The molecule has 1 atom stereocenters. The van der Waals surface area contributed by atoms with Crippen LogP contribution < -0.4 is 15.0 Å². The molecule has 0 aromatic heterocycles. The molecule has 2 aromatic rings. The third kappa shape index (κ3) is 4.51. The Hall–Kier alpha value is -3.60. The van der Waals surface area contributed by atoms with Crippen LogP contribution in [0.25, 0.3) is 0 Å². The average molecular weight is 431 g/mol. The summed E-state index contributed by atoms with van der Waals surface area (Å²) in [4.78, 5) is 48.4. The fourth-order valence-electron chi connectivity index (χ4n) is 2.79. The molecular weight excluding hydrogens is 414 g/mol. The molecule has 10 nitrogen and oxygen atoms in total. The Kier molecular flexibility index (Phi) is 6.21. The lowest BCUT2D eigenvalue weighted by Gasteiger charge is -2.14. The van der Waals surface area contributed by atoms with E-state index in [0.29, 0.717) is 29.8 Å². The van der Waals surface area contributed by atoms with Crippen LogP contribution in [0.3, 0.4) is 0 Å². The van der Waals surface area contributed by atoms with Crippen molar-refractivity contribution in [2.45, 2.75) is 18.6 Å². The number of nitrogens with one attached hydrogen (secondary N) is 1. The van der Waals surface area contributed by atoms with Gasteiger partial charge in [-0.15, -0.1) is 0 Å². The smallest absolute Gasteiger partial charge is 0.293 e. The number of hydrogen-bond donors (Lipinski definition) is 2. The first-order valence-corrected chi connectivity index (χ1v) is 9.72. The average Bonchev–Trinajstić information content (AvgIpc) is 2.97. The minimum Gasteiger partial charge on any atom is -0.506 e. The minimum absolute atomic E-state index is 0.153. The minimum atomic E-state index is -0.954. The monoisotopic (exact) mass is 431 g/mol. The summed E-state index contributed by atoms with van der Waals surface area (Å²) in [7, 11) is 0. The largest absolute Gasteiger partial charge is 0.506 e. The Labute approximate surface area is 175 Å². The molecule has 2 aromatic carbocycles. The first-order valence-electron chi connectivity index (χ1n) is 8.85. The quantitative estimate of drug-likeness (QED) is 0.387. The molecule has 1 saturated heterocycles. The van der Waals surface area contributed by atoms with E-state index in [2.05, 4.69) is 5.32 Å². The molecule has 1 aliphatic rings. The van der Waals surface area contributed by atoms with Gasteiger partial charge in [0.1, 0.15) is 16.7 Å². The topological polar surface area (TPSA) is 139 Å². The van der Waals surface area contributed by atoms with Crippen LogP contribution in [0.1, 0.15) is 13.3 Å². The molecule has 30 heavy (non-hydrogen) atoms. The van der Waals surface area contributed by atoms with Crippen molar-refractivity contribution in [2.75, 3.05) is 16.8 Å². The highest BCUT2D eigenvalue weighted by Gasteiger charge is 2.41. The zero-order valence-corrected chi connectivity index (χ0v) is 16.5. The molecule has 156 valence electrons. The molecular formula is C19H17N3O7S. The van der Waals surface area contributed by atoms with Gasteiger partial charge in [-0.1, -0.05) is 0 Å². The molecule has 1 heterocycles. The second-order valence-corrected chi connectivity index (χ2v) is 7.34. The zero-order chi connectivity index (χ0) is 21.8. The van der Waals surface area contributed by atoms with Crippen LogP contribution in [0.4, 0.5) is 21.9 Å². The number of phenols is 1. The van der Waals surface area contributed by atoms with Gasteiger partial charge in [0.05, 0.1) is 22.9 Å². The molecule has 1 fully saturated rings. The summed E-state index contributed by atoms with van der Waals surface area (Å²) in [5, 5.41) is 21.5. The number of nitro groups is 1. The molecule has 0 saturated carbocycles. The van der Waals surface area contributed by atoms with E-state index < -0.39 is 27.2 Å². The van der Waals surface area contributed by atoms with Crippen LogP contribution in [-0.2, 0) is 9.59 Å². The number of thioether (sulfide) groups is 1. The van der Waals surface area contributed by atoms with Gasteiger partial charge in [-0.2, -0.15) is 0 Å². The third-order valence-electron chi connectivity index (χ3n) is 4.16. The third-order valence-corrected chi connectivity index (χ3v) is 5.20. The Morgan fingerprint density at radius 2 is 1.97 bits per heavy atom. The first kappa shape index (κ1) is 21.1. The summed E-state index contributed by atoms with van der Waals surface area (Å²) in [6, 6.07) is 9.60. The number of carbonyl (C=O) groups excluding carboxylic acids is 3. The highest BCUT2D eigenvalue weighted by molar-refractivity contribution is 8.15. The number of nitrogens with zero attached hydrogens (tertiary/aromatic N) is 2. The van der Waals surface area contributed by atoms with Crippen molar-refractivity contribution in [1.82, 2.24) is 0 Å². The number of aromatic hydroxyl groups is 1. The number of rotatable bonds is 7. The number of carbonyl (C=O) groups is 3. The molecule has 2 N–H and O–H groups in total. The van der Waals surface area contributed by atoms with E-state index in [0.717, 1.165) is 23.1 Å². The summed E-state index contributed by atoms with van der Waals surface area (Å²) < 4.78 is 5.33. The Morgan fingerprint density at radius 3 is 2.60 bits per heavy atom. The highest BCUT2D eigenvalue weighted by Crippen LogP contribution is 2.35. The lowest BCUT2D eigenvalue weighted by Crippen LogP contribution is -2.32. The molecule has 3 rings (SSSR count). The van der Waals surface area contributed by atoms with Crippen LogP contribution in [0, 0.1) is 10.1 Å². The molecule has 1 unspecified atom stereocenters. The summed E-state index contributed by atoms with van der Waals surface area (Å²) >= 11 is 0.717. The maximum absolute atomic E-state index is 12.7. The fourth-order valence-corrected chi connectivity index (χ4v) is 3.77. The van der Waals surface area contributed by atoms with Crippen LogP contribution in [-0.4, -0.2) is 38.9 Å². The van der Waals surface area contributed by atoms with Crippen LogP contribution >= 0.6 is 11.8 Å². The number of nitro benzene ring substituents is 1. The van der Waals surface area contributed by atoms with Gasteiger partial charge in [0, 0.05) is 18.6 Å². The van der Waals surface area contributed by atoms with E-state index in [4.69, 9.17) is 4.74 Å². The molecule has 1 aliphatic heterocycles. The number of imide groups is 1. The number of phenolic OH excluding ortho intramolecular Hbond substituents is 1. The number of benzene rings is 2. The van der Waals surface area contributed by atoms with E-state index in [-0.39, 0.29) is 23.5 Å². The summed E-state index contributed by atoms with van der Waals surface area (Å²) in [5.74, 6) is -0.974. The van der Waals surface area contributed by atoms with Crippen molar-refractivity contribution in [2.24, 2.45) is 0 Å². The Bertz CT molecular complexity index is 1010. The molecule has 11 heteroatoms. The van der Waals surface area contributed by atoms with E-state index in [9.17, 15) is 29.6 Å². The SMILES string of the molecule is CCOc1ccc(N2C(=O)SC(CC(=O)Nc3cc([N+](=O)[O-])ccc3O)C2=O)cc1. The predicted molar refractivity (Wildman–Crippen MR) is 110 cm³/mol. The standard InChI is InChI=1S/C19H17N3O7S/c1-2-29-13-6-3-11(4-7-13)21-18(25)16(30-19(21)26)10-17(24)20-14-9-12(22(27)28)5-8-15(14)23/h3-9,16,23H,2,10H2,1H3,(H,20,24). The zero-order valence-electron chi connectivity index (χ0n) is 15.7. The molecule has 0 aliphatic carbocycles. The van der Waals surface area contributed by atoms with Crippen molar-refractivity contribution in [1.29, 1.82) is 0 Å². The molecule has 0 spiro atoms. The van der Waals surface area contributed by atoms with Crippen molar-refractivity contribution in [3.05, 3.63) is 52.6 Å². The lowest BCUT2D eigenvalue weighted by molar-refractivity contribution is -0.384. The fraction of sp³-hybridized carbons (Fsp3) is 0.211. The van der Waals surface area contributed by atoms with Crippen LogP contribution in [0.15, 0.2) is 42.5 Å². The maximum atomic E-state index is 12.7. The van der Waals surface area contributed by atoms with Crippen LogP contribution in [0.5, 0.6) is 11.5 Å². The van der Waals surface area contributed by atoms with Crippen molar-refractivity contribution >= 4 is 45.9 Å². The van der Waals surface area contributed by atoms with Gasteiger partial charge < -0.3 is 15.2 Å². The van der Waals surface area contributed by atoms with Crippen molar-refractivity contribution in [3.63, 3.8) is 0 Å². The van der Waals surface area contributed by atoms with E-state index >= 15 is 0 Å². The second-order valence-electron chi connectivity index (χ2n) is 6.18. The number of anilines is 2. The summed E-state index contributed by atoms with van der Waals surface area (Å²) in [5.41, 5.74) is -0.106. The second kappa shape index (κ2) is 8.82. The van der Waals surface area contributed by atoms with Gasteiger partial charge >= 0.3 is 0 Å². The van der Waals surface area contributed by atoms with Gasteiger partial charge in [0.2, 0.25) is 11.8 Å². The van der Waals surface area contributed by atoms with Gasteiger partial charge in [0.15, 0.2) is 0 Å². The summed E-state index contributed by atoms with van der Waals surface area (Å²) in [6.07, 6.45) is -0.342. The lowest BCUT2D eigenvalue weighted by atomic mass is 10.2. The number of amides is 3. The van der Waals surface area contributed by atoms with E-state index in [1.54, 1.807) is 24.3 Å². The first-order chi connectivity index (χ1) is 14.3. The molecule has 0 radical (unpaired) electrons. The van der Waals surface area contributed by atoms with Crippen molar-refractivity contribution < 1.29 is 29.2 Å².